The van der Waals surface area contributed by atoms with Crippen LogP contribution in [0.1, 0.15) is 67.8 Å². The fourth-order valence-corrected chi connectivity index (χ4v) is 7.97. The van der Waals surface area contributed by atoms with Crippen molar-refractivity contribution < 1.29 is 108 Å². The maximum Gasteiger partial charge on any atom is 1.00 e. The number of hydrogen-bond acceptors (Lipinski definition) is 16. The minimum Gasteiger partial charge on any atom is -0.547 e. The zero-order valence-electron chi connectivity index (χ0n) is 33.4. The number of ether oxygens (including phenoxy) is 7. The average molecular weight is 842 g/mol. The second-order valence-corrected chi connectivity index (χ2v) is 15.5. The van der Waals surface area contributed by atoms with Gasteiger partial charge in [0.25, 0.3) is 5.91 Å². The van der Waals surface area contributed by atoms with Crippen LogP contribution in [0.2, 0.25) is 0 Å². The van der Waals surface area contributed by atoms with E-state index in [1.807, 2.05) is 30.3 Å². The van der Waals surface area contributed by atoms with Gasteiger partial charge in [-0.05, 0) is 55.5 Å². The number of benzene rings is 2. The third kappa shape index (κ3) is 12.4. The number of carboxylic acids is 1. The molecule has 1 saturated carbocycles. The molecule has 1 unspecified atom stereocenters. The Balaban J connectivity index is 0.00000661. The van der Waals surface area contributed by atoms with E-state index in [-0.39, 0.29) is 61.5 Å². The first kappa shape index (κ1) is 47.7. The smallest absolute Gasteiger partial charge is 0.547 e. The molecule has 18 heteroatoms. The Morgan fingerprint density at radius 3 is 2.19 bits per heavy atom. The number of carboxylic acid groups (broad SMARTS) is 1. The Kier molecular flexibility index (Phi) is 18.4. The van der Waals surface area contributed by atoms with E-state index in [0.29, 0.717) is 17.9 Å². The van der Waals surface area contributed by atoms with E-state index in [4.69, 9.17) is 33.2 Å². The van der Waals surface area contributed by atoms with E-state index in [0.717, 1.165) is 37.7 Å². The van der Waals surface area contributed by atoms with Crippen LogP contribution in [0.4, 0.5) is 0 Å². The summed E-state index contributed by atoms with van der Waals surface area (Å²) in [5, 5.41) is 79.4. The topological polar surface area (TPSA) is 255 Å². The normalized spacial score (nSPS) is 34.6. The van der Waals surface area contributed by atoms with Crippen molar-refractivity contribution in [3.8, 4) is 5.75 Å². The Hall–Kier alpha value is -2.30. The molecule has 17 nitrogen and oxygen atoms in total. The van der Waals surface area contributed by atoms with E-state index in [2.05, 4.69) is 5.32 Å². The quantitative estimate of drug-likeness (QED) is 0.0804. The van der Waals surface area contributed by atoms with Crippen LogP contribution in [0.15, 0.2) is 54.6 Å². The molecule has 3 saturated heterocycles. The average Bonchev–Trinajstić information content (AvgIpc) is 3.23. The summed E-state index contributed by atoms with van der Waals surface area (Å²) in [6.07, 6.45) is -15.0. The molecule has 0 aromatic heterocycles. The van der Waals surface area contributed by atoms with Crippen molar-refractivity contribution >= 4 is 11.9 Å². The molecular formula is C41H56NNaO16. The van der Waals surface area contributed by atoms with Gasteiger partial charge in [0, 0.05) is 18.7 Å². The van der Waals surface area contributed by atoms with Crippen LogP contribution in [0.3, 0.4) is 0 Å². The summed E-state index contributed by atoms with van der Waals surface area (Å²) in [7, 11) is 0. The number of aliphatic hydroxyl groups is 6. The van der Waals surface area contributed by atoms with E-state index >= 15 is 0 Å². The van der Waals surface area contributed by atoms with Crippen LogP contribution in [-0.4, -0.2) is 148 Å². The SMILES string of the molecule is C[C@H]1O[C@H](O[C@H]2C(CNC(=O)c3ccc(OCc4ccccc4)cc3)OCC[C@@H]2O[C@H]2O[C@@H](CO)[C@@H](O)[C@H](O[C@@H](CC3CCCCC3)C(=O)[O-])[C@H]2O)[C@@H](O)[C@H](O)[C@H]1O.[Na+]. The van der Waals surface area contributed by atoms with Gasteiger partial charge >= 0.3 is 29.6 Å². The molecular weight excluding hydrogens is 785 g/mol. The molecule has 2 aromatic carbocycles. The van der Waals surface area contributed by atoms with Crippen molar-refractivity contribution in [3.05, 3.63) is 65.7 Å². The van der Waals surface area contributed by atoms with E-state index in [1.165, 1.54) is 6.92 Å². The van der Waals surface area contributed by atoms with E-state index in [9.17, 15) is 45.3 Å². The molecule has 3 heterocycles. The summed E-state index contributed by atoms with van der Waals surface area (Å²) in [6.45, 7) is 1.02. The van der Waals surface area contributed by atoms with Gasteiger partial charge in [0.2, 0.25) is 0 Å². The Morgan fingerprint density at radius 2 is 1.51 bits per heavy atom. The number of carbonyl (C=O) groups is 2. The molecule has 1 aliphatic carbocycles. The Bertz CT molecular complexity index is 1590. The number of carbonyl (C=O) groups excluding carboxylic acids is 2. The molecule has 7 N–H and O–H groups in total. The van der Waals surface area contributed by atoms with Crippen molar-refractivity contribution in [2.75, 3.05) is 19.8 Å². The zero-order chi connectivity index (χ0) is 41.3. The predicted molar refractivity (Wildman–Crippen MR) is 199 cm³/mol. The number of aliphatic hydroxyl groups excluding tert-OH is 6. The third-order valence-corrected chi connectivity index (χ3v) is 11.4. The van der Waals surface area contributed by atoms with Crippen molar-refractivity contribution in [1.82, 2.24) is 5.32 Å². The molecule has 322 valence electrons. The molecule has 2 aromatic rings. The van der Waals surface area contributed by atoms with Crippen LogP contribution in [-0.2, 0) is 39.8 Å². The van der Waals surface area contributed by atoms with Gasteiger partial charge in [-0.15, -0.1) is 0 Å². The molecule has 0 radical (unpaired) electrons. The molecule has 14 atom stereocenters. The van der Waals surface area contributed by atoms with Gasteiger partial charge in [0.05, 0.1) is 30.9 Å². The first-order valence-electron chi connectivity index (χ1n) is 20.1. The minimum absolute atomic E-state index is 0. The molecule has 3 aliphatic heterocycles. The monoisotopic (exact) mass is 841 g/mol. The maximum absolute atomic E-state index is 13.3. The van der Waals surface area contributed by atoms with Crippen molar-refractivity contribution in [2.45, 2.75) is 144 Å². The Labute approximate surface area is 365 Å². The molecule has 1 amide bonds. The first-order valence-corrected chi connectivity index (χ1v) is 20.1. The standard InChI is InChI=1S/C41H57NO16.Na/c1-22-31(44)33(46)34(47)40(54-22)58-36-27(16-17-52-29(36)19-42-38(49)25-12-14-26(15-13-25)53-21-24-10-6-3-7-11-24)56-41-35(48)37(32(45)30(20-43)57-41)55-28(39(50)51)18-23-8-4-2-5-9-23;/h3,6-7,10-15,22-23,27-37,40-41,43-48H,2,4-5,8-9,16-21H2,1H3,(H,42,49)(H,50,51);/q;+1/p-1/t22-,27+,28+,29?,30+,31+,32-,33-,34+,35-,36-,37+,40-,41+;/m1./s1. The van der Waals surface area contributed by atoms with Crippen LogP contribution < -0.4 is 44.7 Å². The summed E-state index contributed by atoms with van der Waals surface area (Å²) in [6, 6.07) is 16.2. The van der Waals surface area contributed by atoms with Gasteiger partial charge in [-0.2, -0.15) is 0 Å². The van der Waals surface area contributed by atoms with Gasteiger partial charge in [-0.1, -0.05) is 62.4 Å². The molecule has 0 bridgehead atoms. The minimum atomic E-state index is -1.76. The summed E-state index contributed by atoms with van der Waals surface area (Å²) >= 11 is 0. The number of hydrogen-bond donors (Lipinski definition) is 7. The number of amides is 1. The van der Waals surface area contributed by atoms with Crippen molar-refractivity contribution in [1.29, 1.82) is 0 Å². The van der Waals surface area contributed by atoms with Crippen LogP contribution in [0.25, 0.3) is 0 Å². The number of aliphatic carboxylic acids is 1. The van der Waals surface area contributed by atoms with Crippen LogP contribution in [0.5, 0.6) is 5.75 Å². The summed E-state index contributed by atoms with van der Waals surface area (Å²) in [5.74, 6) is -1.34. The fraction of sp³-hybridized carbons (Fsp3) is 0.659. The molecule has 4 fully saturated rings. The van der Waals surface area contributed by atoms with Crippen LogP contribution in [0, 0.1) is 5.92 Å². The predicted octanol–water partition coefficient (Wildman–Crippen LogP) is -3.70. The van der Waals surface area contributed by atoms with Gasteiger partial charge in [0.15, 0.2) is 12.6 Å². The van der Waals surface area contributed by atoms with Crippen molar-refractivity contribution in [2.24, 2.45) is 5.92 Å². The second kappa shape index (κ2) is 22.7. The van der Waals surface area contributed by atoms with E-state index < -0.39 is 104 Å². The maximum atomic E-state index is 13.3. The third-order valence-electron chi connectivity index (χ3n) is 11.4. The summed E-state index contributed by atoms with van der Waals surface area (Å²) in [5.41, 5.74) is 1.31. The first-order chi connectivity index (χ1) is 27.9. The number of rotatable bonds is 16. The summed E-state index contributed by atoms with van der Waals surface area (Å²) in [4.78, 5) is 25.5. The van der Waals surface area contributed by atoms with Gasteiger partial charge in [-0.3, -0.25) is 4.79 Å². The van der Waals surface area contributed by atoms with Gasteiger partial charge < -0.3 is 79.0 Å². The molecule has 0 spiro atoms. The molecule has 59 heavy (non-hydrogen) atoms. The molecule has 4 aliphatic rings. The zero-order valence-corrected chi connectivity index (χ0v) is 35.4. The number of nitrogens with one attached hydrogen (secondary N) is 1. The second-order valence-electron chi connectivity index (χ2n) is 15.5. The van der Waals surface area contributed by atoms with Gasteiger partial charge in [0.1, 0.15) is 67.3 Å². The van der Waals surface area contributed by atoms with Crippen molar-refractivity contribution in [3.63, 3.8) is 0 Å². The Morgan fingerprint density at radius 1 is 0.814 bits per heavy atom. The summed E-state index contributed by atoms with van der Waals surface area (Å²) < 4.78 is 41.7. The fourth-order valence-electron chi connectivity index (χ4n) is 7.97. The van der Waals surface area contributed by atoms with Crippen LogP contribution >= 0.6 is 0 Å². The largest absolute Gasteiger partial charge is 1.00 e. The van der Waals surface area contributed by atoms with Gasteiger partial charge in [-0.25, -0.2) is 0 Å². The van der Waals surface area contributed by atoms with E-state index in [1.54, 1.807) is 24.3 Å². The molecule has 6 rings (SSSR count).